The Morgan fingerprint density at radius 1 is 1.12 bits per heavy atom. The van der Waals surface area contributed by atoms with Crippen molar-refractivity contribution in [1.82, 2.24) is 9.78 Å². The first-order valence-corrected chi connectivity index (χ1v) is 12.1. The first kappa shape index (κ1) is 20.7. The Morgan fingerprint density at radius 2 is 1.88 bits per heavy atom. The van der Waals surface area contributed by atoms with Gasteiger partial charge in [0.2, 0.25) is 5.91 Å². The maximum absolute atomic E-state index is 13.3. The van der Waals surface area contributed by atoms with Crippen LogP contribution in [0.15, 0.2) is 35.1 Å². The average Bonchev–Trinajstić information content (AvgIpc) is 3.51. The molecule has 1 aromatic carbocycles. The van der Waals surface area contributed by atoms with E-state index in [2.05, 4.69) is 21.0 Å². The summed E-state index contributed by atoms with van der Waals surface area (Å²) < 4.78 is 6.82. The van der Waals surface area contributed by atoms with E-state index in [-0.39, 0.29) is 18.0 Å². The lowest BCUT2D eigenvalue weighted by molar-refractivity contribution is -0.119. The number of morpholine rings is 1. The van der Waals surface area contributed by atoms with Crippen LogP contribution in [0.3, 0.4) is 0 Å². The maximum atomic E-state index is 13.3. The van der Waals surface area contributed by atoms with Gasteiger partial charge >= 0.3 is 0 Å². The van der Waals surface area contributed by atoms with Gasteiger partial charge in [-0.05, 0) is 55.7 Å². The van der Waals surface area contributed by atoms with Gasteiger partial charge < -0.3 is 19.4 Å². The third kappa shape index (κ3) is 3.70. The highest BCUT2D eigenvalue weighted by Crippen LogP contribution is 2.61. The number of carbonyl (C=O) groups excluding carboxylic acids is 1. The Kier molecular flexibility index (Phi) is 4.94. The van der Waals surface area contributed by atoms with Gasteiger partial charge in [-0.2, -0.15) is 5.10 Å². The molecule has 2 aliphatic heterocycles. The van der Waals surface area contributed by atoms with Crippen molar-refractivity contribution in [3.8, 4) is 0 Å². The molecule has 1 saturated heterocycles. The standard InChI is InChI=1S/C25H31N5O3/c1-27(18-15-25(16-18)8-9-25)22-5-6-23(31)30(26-22)17-24(32)29-10-7-19-20(3-2-4-21(19)29)28-11-13-33-14-12-28/h2-6,18H,7-17H2,1H3. The number of fused-ring (bicyclic) bond motifs is 1. The first-order valence-electron chi connectivity index (χ1n) is 12.1. The number of hydrogen-bond acceptors (Lipinski definition) is 6. The summed E-state index contributed by atoms with van der Waals surface area (Å²) in [6.07, 6.45) is 5.94. The van der Waals surface area contributed by atoms with Gasteiger partial charge in [-0.25, -0.2) is 4.68 Å². The fourth-order valence-corrected chi connectivity index (χ4v) is 5.71. The molecule has 3 heterocycles. The van der Waals surface area contributed by atoms with Crippen LogP contribution in [0.1, 0.15) is 31.2 Å². The number of nitrogens with zero attached hydrogens (tertiary/aromatic N) is 5. The van der Waals surface area contributed by atoms with Crippen LogP contribution in [0.25, 0.3) is 0 Å². The van der Waals surface area contributed by atoms with Crippen LogP contribution >= 0.6 is 0 Å². The number of aromatic nitrogens is 2. The number of benzene rings is 1. The fourth-order valence-electron chi connectivity index (χ4n) is 5.71. The second-order valence-electron chi connectivity index (χ2n) is 10.0. The lowest BCUT2D eigenvalue weighted by atomic mass is 9.76. The minimum atomic E-state index is -0.241. The quantitative estimate of drug-likeness (QED) is 0.696. The number of ether oxygens (including phenoxy) is 1. The summed E-state index contributed by atoms with van der Waals surface area (Å²) in [6, 6.07) is 9.95. The summed E-state index contributed by atoms with van der Waals surface area (Å²) in [5.41, 5.74) is 3.72. The van der Waals surface area contributed by atoms with Crippen molar-refractivity contribution in [3.05, 3.63) is 46.2 Å². The van der Waals surface area contributed by atoms with E-state index in [9.17, 15) is 9.59 Å². The van der Waals surface area contributed by atoms with E-state index in [4.69, 9.17) is 4.74 Å². The second-order valence-corrected chi connectivity index (χ2v) is 10.0. The molecule has 4 aliphatic rings. The summed E-state index contributed by atoms with van der Waals surface area (Å²) in [6.45, 7) is 3.78. The molecule has 0 radical (unpaired) electrons. The molecule has 0 unspecified atom stereocenters. The Bertz CT molecular complexity index is 1130. The summed E-state index contributed by atoms with van der Waals surface area (Å²) in [5, 5.41) is 4.56. The molecule has 8 heteroatoms. The molecule has 2 aliphatic carbocycles. The molecule has 0 N–H and O–H groups in total. The van der Waals surface area contributed by atoms with Crippen LogP contribution in [0.5, 0.6) is 0 Å². The van der Waals surface area contributed by atoms with Gasteiger partial charge in [0.15, 0.2) is 0 Å². The smallest absolute Gasteiger partial charge is 0.267 e. The normalized spacial score (nSPS) is 21.1. The molecule has 33 heavy (non-hydrogen) atoms. The Labute approximate surface area is 193 Å². The molecule has 1 aromatic heterocycles. The highest BCUT2D eigenvalue weighted by molar-refractivity contribution is 5.96. The van der Waals surface area contributed by atoms with Crippen molar-refractivity contribution < 1.29 is 9.53 Å². The number of carbonyl (C=O) groups is 1. The minimum absolute atomic E-state index is 0.0453. The lowest BCUT2D eigenvalue weighted by Gasteiger charge is -2.42. The van der Waals surface area contributed by atoms with Gasteiger partial charge in [0.25, 0.3) is 5.56 Å². The predicted octanol–water partition coefficient (Wildman–Crippen LogP) is 2.05. The lowest BCUT2D eigenvalue weighted by Crippen LogP contribution is -2.45. The van der Waals surface area contributed by atoms with Gasteiger partial charge in [0, 0.05) is 55.7 Å². The zero-order chi connectivity index (χ0) is 22.6. The third-order valence-electron chi connectivity index (χ3n) is 8.00. The van der Waals surface area contributed by atoms with Crippen LogP contribution in [-0.2, 0) is 22.5 Å². The van der Waals surface area contributed by atoms with Crippen molar-refractivity contribution in [3.63, 3.8) is 0 Å². The molecule has 1 amide bonds. The summed E-state index contributed by atoms with van der Waals surface area (Å²) in [4.78, 5) is 32.1. The maximum Gasteiger partial charge on any atom is 0.267 e. The summed E-state index contributed by atoms with van der Waals surface area (Å²) >= 11 is 0. The number of rotatable bonds is 5. The molecule has 2 saturated carbocycles. The van der Waals surface area contributed by atoms with Gasteiger partial charge in [0.05, 0.1) is 13.2 Å². The highest BCUT2D eigenvalue weighted by Gasteiger charge is 2.54. The van der Waals surface area contributed by atoms with Crippen molar-refractivity contribution >= 4 is 23.1 Å². The molecule has 174 valence electrons. The molecule has 2 aromatic rings. The SMILES string of the molecule is CN(c1ccc(=O)n(CC(=O)N2CCc3c(N4CCOCC4)cccc32)n1)C1CC2(CC2)C1. The van der Waals surface area contributed by atoms with Crippen LogP contribution < -0.4 is 20.3 Å². The van der Waals surface area contributed by atoms with Crippen LogP contribution in [0.2, 0.25) is 0 Å². The summed E-state index contributed by atoms with van der Waals surface area (Å²) in [7, 11) is 2.04. The van der Waals surface area contributed by atoms with Gasteiger partial charge in [-0.1, -0.05) is 6.07 Å². The molecule has 3 fully saturated rings. The van der Waals surface area contributed by atoms with Crippen molar-refractivity contribution in [2.45, 2.75) is 44.7 Å². The molecule has 0 atom stereocenters. The van der Waals surface area contributed by atoms with Crippen molar-refractivity contribution in [2.75, 3.05) is 54.6 Å². The van der Waals surface area contributed by atoms with Crippen LogP contribution in [-0.4, -0.2) is 61.6 Å². The zero-order valence-electron chi connectivity index (χ0n) is 19.2. The number of amides is 1. The van der Waals surface area contributed by atoms with E-state index < -0.39 is 0 Å². The zero-order valence-corrected chi connectivity index (χ0v) is 19.2. The van der Waals surface area contributed by atoms with E-state index in [1.165, 1.54) is 47.7 Å². The van der Waals surface area contributed by atoms with Crippen molar-refractivity contribution in [2.24, 2.45) is 5.41 Å². The minimum Gasteiger partial charge on any atom is -0.378 e. The van der Waals surface area contributed by atoms with E-state index in [1.807, 2.05) is 24.1 Å². The van der Waals surface area contributed by atoms with Crippen LogP contribution in [0, 0.1) is 5.41 Å². The summed E-state index contributed by atoms with van der Waals surface area (Å²) in [5.74, 6) is 0.669. The number of hydrogen-bond donors (Lipinski definition) is 0. The fraction of sp³-hybridized carbons (Fsp3) is 0.560. The monoisotopic (exact) mass is 449 g/mol. The van der Waals surface area contributed by atoms with Crippen molar-refractivity contribution in [1.29, 1.82) is 0 Å². The largest absolute Gasteiger partial charge is 0.378 e. The molecule has 8 nitrogen and oxygen atoms in total. The highest BCUT2D eigenvalue weighted by atomic mass is 16.5. The van der Waals surface area contributed by atoms with E-state index in [0.29, 0.717) is 18.0 Å². The van der Waals surface area contributed by atoms with E-state index in [0.717, 1.165) is 44.2 Å². The van der Waals surface area contributed by atoms with E-state index >= 15 is 0 Å². The third-order valence-corrected chi connectivity index (χ3v) is 8.00. The molecule has 0 bridgehead atoms. The number of anilines is 3. The Morgan fingerprint density at radius 3 is 2.64 bits per heavy atom. The molecule has 6 rings (SSSR count). The van der Waals surface area contributed by atoms with Gasteiger partial charge in [0.1, 0.15) is 12.4 Å². The second kappa shape index (κ2) is 7.87. The Balaban J connectivity index is 1.19. The Hall–Kier alpha value is -2.87. The van der Waals surface area contributed by atoms with Crippen LogP contribution in [0.4, 0.5) is 17.2 Å². The predicted molar refractivity (Wildman–Crippen MR) is 127 cm³/mol. The molecular formula is C25H31N5O3. The topological polar surface area (TPSA) is 70.9 Å². The van der Waals surface area contributed by atoms with Gasteiger partial charge in [-0.3, -0.25) is 9.59 Å². The average molecular weight is 450 g/mol. The molecule has 1 spiro atoms. The van der Waals surface area contributed by atoms with Gasteiger partial charge in [-0.15, -0.1) is 0 Å². The first-order chi connectivity index (χ1) is 16.0. The molecular weight excluding hydrogens is 418 g/mol. The van der Waals surface area contributed by atoms with E-state index in [1.54, 1.807) is 6.07 Å².